The zero-order valence-electron chi connectivity index (χ0n) is 6.18. The van der Waals surface area contributed by atoms with Crippen LogP contribution in [0.25, 0.3) is 0 Å². The number of nitrogens with zero attached hydrogens (tertiary/aromatic N) is 2. The van der Waals surface area contributed by atoms with Crippen LogP contribution in [0.4, 0.5) is 0 Å². The van der Waals surface area contributed by atoms with Crippen LogP contribution in [0.3, 0.4) is 0 Å². The molecule has 0 spiro atoms. The third-order valence-electron chi connectivity index (χ3n) is 1.31. The summed E-state index contributed by atoms with van der Waals surface area (Å²) in [5.74, 6) is 1.33. The topological polar surface area (TPSA) is 35.0 Å². The Hall–Kier alpha value is -1.42. The highest BCUT2D eigenvalue weighted by Crippen LogP contribution is 2.17. The van der Waals surface area contributed by atoms with E-state index >= 15 is 0 Å². The molecule has 0 saturated heterocycles. The van der Waals surface area contributed by atoms with Crippen molar-refractivity contribution in [3.8, 4) is 11.6 Å². The van der Waals surface area contributed by atoms with Crippen molar-refractivity contribution in [1.29, 1.82) is 0 Å². The number of hydrogen-bond donors (Lipinski definition) is 0. The molecule has 3 nitrogen and oxygen atoms in total. The monoisotopic (exact) mass is 178 g/mol. The highest BCUT2D eigenvalue weighted by Gasteiger charge is 1.96. The van der Waals surface area contributed by atoms with E-state index < -0.39 is 0 Å². The molecule has 0 fully saturated rings. The average molecular weight is 178 g/mol. The first-order valence-corrected chi connectivity index (χ1v) is 4.18. The third kappa shape index (κ3) is 1.60. The van der Waals surface area contributed by atoms with Gasteiger partial charge in [0, 0.05) is 0 Å². The molecule has 0 aliphatic rings. The molecule has 60 valence electrons. The fourth-order valence-corrected chi connectivity index (χ4v) is 1.16. The summed E-state index contributed by atoms with van der Waals surface area (Å²) >= 11 is 1.13. The molecule has 0 aliphatic carbocycles. The Kier molecular flexibility index (Phi) is 2.00. The van der Waals surface area contributed by atoms with E-state index in [1.54, 1.807) is 6.20 Å². The fraction of sp³-hybridized carbons (Fsp3) is 0. The summed E-state index contributed by atoms with van der Waals surface area (Å²) in [4.78, 5) is 0. The molecule has 2 aromatic rings. The molecule has 0 bridgehead atoms. The summed E-state index contributed by atoms with van der Waals surface area (Å²) in [6.07, 6.45) is 1.59. The maximum atomic E-state index is 5.36. The first kappa shape index (κ1) is 7.24. The van der Waals surface area contributed by atoms with E-state index in [4.69, 9.17) is 4.74 Å². The van der Waals surface area contributed by atoms with E-state index in [2.05, 4.69) is 8.75 Å². The second-order valence-corrected chi connectivity index (χ2v) is 2.72. The van der Waals surface area contributed by atoms with Crippen molar-refractivity contribution >= 4 is 11.7 Å². The van der Waals surface area contributed by atoms with Crippen LogP contribution in [0.1, 0.15) is 0 Å². The average Bonchev–Trinajstić information content (AvgIpc) is 2.59. The summed E-state index contributed by atoms with van der Waals surface area (Å²) in [6, 6.07) is 9.51. The second kappa shape index (κ2) is 3.32. The van der Waals surface area contributed by atoms with Crippen LogP contribution in [0, 0.1) is 0 Å². The highest BCUT2D eigenvalue weighted by molar-refractivity contribution is 6.99. The molecule has 1 heterocycles. The molecule has 1 aromatic carbocycles. The van der Waals surface area contributed by atoms with Gasteiger partial charge in [0.15, 0.2) is 0 Å². The summed E-state index contributed by atoms with van der Waals surface area (Å²) in [7, 11) is 0. The molecule has 12 heavy (non-hydrogen) atoms. The molecular weight excluding hydrogens is 172 g/mol. The van der Waals surface area contributed by atoms with Gasteiger partial charge in [0.05, 0.1) is 11.7 Å². The van der Waals surface area contributed by atoms with Crippen molar-refractivity contribution in [1.82, 2.24) is 8.75 Å². The van der Waals surface area contributed by atoms with Crippen LogP contribution >= 0.6 is 11.7 Å². The lowest BCUT2D eigenvalue weighted by molar-refractivity contribution is 0.468. The molecule has 0 atom stereocenters. The van der Waals surface area contributed by atoms with Gasteiger partial charge >= 0.3 is 0 Å². The molecule has 1 aromatic heterocycles. The molecular formula is C8H6N2OS. The smallest absolute Gasteiger partial charge is 0.251 e. The number of aromatic nitrogens is 2. The molecule has 0 N–H and O–H groups in total. The van der Waals surface area contributed by atoms with Crippen molar-refractivity contribution in [3.05, 3.63) is 36.5 Å². The Morgan fingerprint density at radius 2 is 2.00 bits per heavy atom. The number of rotatable bonds is 2. The van der Waals surface area contributed by atoms with Crippen molar-refractivity contribution in [2.24, 2.45) is 0 Å². The predicted molar refractivity (Wildman–Crippen MR) is 46.4 cm³/mol. The molecule has 0 aliphatic heterocycles. The number of benzene rings is 1. The number of hydrogen-bond acceptors (Lipinski definition) is 4. The second-order valence-electron chi connectivity index (χ2n) is 2.16. The van der Waals surface area contributed by atoms with Gasteiger partial charge in [-0.2, -0.15) is 4.37 Å². The summed E-state index contributed by atoms with van der Waals surface area (Å²) in [5.41, 5.74) is 0. The van der Waals surface area contributed by atoms with Gasteiger partial charge in [-0.25, -0.2) is 0 Å². The predicted octanol–water partition coefficient (Wildman–Crippen LogP) is 2.33. The fourth-order valence-electron chi connectivity index (χ4n) is 0.810. The van der Waals surface area contributed by atoms with E-state index in [0.717, 1.165) is 17.5 Å². The third-order valence-corrected chi connectivity index (χ3v) is 1.77. The van der Waals surface area contributed by atoms with Crippen LogP contribution in [-0.4, -0.2) is 8.75 Å². The minimum absolute atomic E-state index is 0.547. The summed E-state index contributed by atoms with van der Waals surface area (Å²) in [5, 5.41) is 0. The molecule has 0 radical (unpaired) electrons. The standard InChI is InChI=1S/C8H6N2OS/c1-2-4-7(5-3-1)11-8-6-9-12-10-8/h1-6H. The lowest BCUT2D eigenvalue weighted by Crippen LogP contribution is -1.81. The maximum Gasteiger partial charge on any atom is 0.251 e. The first-order valence-electron chi connectivity index (χ1n) is 3.45. The summed E-state index contributed by atoms with van der Waals surface area (Å²) < 4.78 is 13.1. The molecule has 0 unspecified atom stereocenters. The van der Waals surface area contributed by atoms with E-state index in [1.807, 2.05) is 30.3 Å². The van der Waals surface area contributed by atoms with Crippen molar-refractivity contribution in [2.75, 3.05) is 0 Å². The van der Waals surface area contributed by atoms with Crippen molar-refractivity contribution < 1.29 is 4.74 Å². The number of para-hydroxylation sites is 1. The Bertz CT molecular complexity index is 333. The van der Waals surface area contributed by atoms with Crippen LogP contribution in [0.5, 0.6) is 11.6 Å². The summed E-state index contributed by atoms with van der Waals surface area (Å²) in [6.45, 7) is 0. The van der Waals surface area contributed by atoms with Gasteiger partial charge in [-0.1, -0.05) is 18.2 Å². The largest absolute Gasteiger partial charge is 0.437 e. The Morgan fingerprint density at radius 3 is 2.67 bits per heavy atom. The van der Waals surface area contributed by atoms with Crippen LogP contribution in [0.15, 0.2) is 36.5 Å². The van der Waals surface area contributed by atoms with Crippen molar-refractivity contribution in [2.45, 2.75) is 0 Å². The normalized spacial score (nSPS) is 9.67. The van der Waals surface area contributed by atoms with Gasteiger partial charge in [0.2, 0.25) is 0 Å². The van der Waals surface area contributed by atoms with Gasteiger partial charge in [0.25, 0.3) is 5.88 Å². The molecule has 4 heteroatoms. The molecule has 2 rings (SSSR count). The molecule has 0 saturated carbocycles. The quantitative estimate of drug-likeness (QED) is 0.707. The van der Waals surface area contributed by atoms with E-state index in [-0.39, 0.29) is 0 Å². The van der Waals surface area contributed by atoms with E-state index in [1.165, 1.54) is 0 Å². The van der Waals surface area contributed by atoms with Crippen LogP contribution in [0.2, 0.25) is 0 Å². The lowest BCUT2D eigenvalue weighted by Gasteiger charge is -1.98. The van der Waals surface area contributed by atoms with Gasteiger partial charge in [0.1, 0.15) is 11.9 Å². The zero-order valence-corrected chi connectivity index (χ0v) is 6.99. The first-order chi connectivity index (χ1) is 5.95. The van der Waals surface area contributed by atoms with E-state index in [9.17, 15) is 0 Å². The van der Waals surface area contributed by atoms with Crippen LogP contribution in [-0.2, 0) is 0 Å². The Labute approximate surface area is 74.0 Å². The van der Waals surface area contributed by atoms with E-state index in [0.29, 0.717) is 5.88 Å². The van der Waals surface area contributed by atoms with Gasteiger partial charge in [-0.15, -0.1) is 4.37 Å². The zero-order chi connectivity index (χ0) is 8.23. The molecule has 0 amide bonds. The van der Waals surface area contributed by atoms with Gasteiger partial charge in [-0.3, -0.25) is 0 Å². The highest BCUT2D eigenvalue weighted by atomic mass is 32.1. The van der Waals surface area contributed by atoms with Crippen LogP contribution < -0.4 is 4.74 Å². The van der Waals surface area contributed by atoms with Gasteiger partial charge < -0.3 is 4.74 Å². The lowest BCUT2D eigenvalue weighted by atomic mass is 10.3. The minimum Gasteiger partial charge on any atom is -0.437 e. The maximum absolute atomic E-state index is 5.36. The number of ether oxygens (including phenoxy) is 1. The minimum atomic E-state index is 0.547. The SMILES string of the molecule is c1ccc(Oc2cnsn2)cc1. The van der Waals surface area contributed by atoms with Gasteiger partial charge in [-0.05, 0) is 12.1 Å². The van der Waals surface area contributed by atoms with Crippen molar-refractivity contribution in [3.63, 3.8) is 0 Å². The Morgan fingerprint density at radius 1 is 1.17 bits per heavy atom. The Balaban J connectivity index is 2.15.